The van der Waals surface area contributed by atoms with Gasteiger partial charge in [0.2, 0.25) is 5.91 Å². The highest BCUT2D eigenvalue weighted by atomic mass is 16.5. The first-order valence-electron chi connectivity index (χ1n) is 8.38. The van der Waals surface area contributed by atoms with E-state index in [1.165, 1.54) is 11.6 Å². The van der Waals surface area contributed by atoms with E-state index in [1.807, 2.05) is 30.3 Å². The maximum atomic E-state index is 12.1. The Morgan fingerprint density at radius 1 is 1.08 bits per heavy atom. The van der Waals surface area contributed by atoms with Crippen molar-refractivity contribution in [3.8, 4) is 11.5 Å². The summed E-state index contributed by atoms with van der Waals surface area (Å²) in [6.45, 7) is 4.36. The molecule has 0 aliphatic heterocycles. The summed E-state index contributed by atoms with van der Waals surface area (Å²) in [6.07, 6.45) is 4.34. The van der Waals surface area contributed by atoms with Crippen molar-refractivity contribution >= 4 is 17.7 Å². The van der Waals surface area contributed by atoms with Gasteiger partial charge in [-0.15, -0.1) is 0 Å². The summed E-state index contributed by atoms with van der Waals surface area (Å²) in [4.78, 5) is 12.1. The number of carbonyl (C=O) groups is 1. The van der Waals surface area contributed by atoms with Gasteiger partial charge in [0.15, 0.2) is 11.5 Å². The summed E-state index contributed by atoms with van der Waals surface area (Å²) in [5.41, 5.74) is 2.93. The molecule has 2 aromatic rings. The summed E-state index contributed by atoms with van der Waals surface area (Å²) < 4.78 is 10.5. The number of carbonyl (C=O) groups excluding carboxylic acids is 1. The first-order chi connectivity index (χ1) is 12.1. The van der Waals surface area contributed by atoms with Gasteiger partial charge < -0.3 is 14.8 Å². The molecule has 0 saturated carbocycles. The summed E-state index contributed by atoms with van der Waals surface area (Å²) in [6, 6.07) is 13.5. The molecular weight excluding hydrogens is 314 g/mol. The van der Waals surface area contributed by atoms with Crippen LogP contribution in [0.3, 0.4) is 0 Å². The maximum absolute atomic E-state index is 12.1. The highest BCUT2D eigenvalue weighted by Gasteiger charge is 2.05. The van der Waals surface area contributed by atoms with Gasteiger partial charge in [0.05, 0.1) is 14.2 Å². The standard InChI is InChI=1S/C21H25NO3/c1-5-15(2)17-8-10-18(11-9-17)22-21(23)13-7-16-6-12-19(24-3)20(14-16)25-4/h6-15H,5H2,1-4H3,(H,22,23). The van der Waals surface area contributed by atoms with Crippen LogP contribution < -0.4 is 14.8 Å². The molecular formula is C21H25NO3. The van der Waals surface area contributed by atoms with E-state index >= 15 is 0 Å². The van der Waals surface area contributed by atoms with Gasteiger partial charge in [0, 0.05) is 11.8 Å². The van der Waals surface area contributed by atoms with Gasteiger partial charge in [-0.05, 0) is 53.8 Å². The molecule has 1 N–H and O–H groups in total. The minimum atomic E-state index is -0.175. The first kappa shape index (κ1) is 18.6. The zero-order valence-corrected chi connectivity index (χ0v) is 15.2. The Balaban J connectivity index is 2.01. The molecule has 0 saturated heterocycles. The topological polar surface area (TPSA) is 47.6 Å². The van der Waals surface area contributed by atoms with Crippen LogP contribution in [0, 0.1) is 0 Å². The highest BCUT2D eigenvalue weighted by Crippen LogP contribution is 2.28. The molecule has 0 spiro atoms. The maximum Gasteiger partial charge on any atom is 0.248 e. The molecule has 2 aromatic carbocycles. The number of ether oxygens (including phenoxy) is 2. The Kier molecular flexibility index (Phi) is 6.63. The number of rotatable bonds is 7. The molecule has 1 atom stereocenters. The molecule has 0 aliphatic rings. The molecule has 0 aliphatic carbocycles. The van der Waals surface area contributed by atoms with Crippen LogP contribution in [0.2, 0.25) is 0 Å². The smallest absolute Gasteiger partial charge is 0.248 e. The fourth-order valence-electron chi connectivity index (χ4n) is 2.44. The Morgan fingerprint density at radius 2 is 1.76 bits per heavy atom. The van der Waals surface area contributed by atoms with Gasteiger partial charge in [-0.25, -0.2) is 0 Å². The fraction of sp³-hybridized carbons (Fsp3) is 0.286. The molecule has 4 heteroatoms. The predicted octanol–water partition coefficient (Wildman–Crippen LogP) is 4.87. The van der Waals surface area contributed by atoms with E-state index in [1.54, 1.807) is 20.3 Å². The molecule has 1 unspecified atom stereocenters. The summed E-state index contributed by atoms with van der Waals surface area (Å²) in [5.74, 6) is 1.64. The van der Waals surface area contributed by atoms with Crippen molar-refractivity contribution < 1.29 is 14.3 Å². The second-order valence-electron chi connectivity index (χ2n) is 5.87. The number of nitrogens with one attached hydrogen (secondary N) is 1. The Hall–Kier alpha value is -2.75. The minimum Gasteiger partial charge on any atom is -0.493 e. The Labute approximate surface area is 149 Å². The molecule has 0 bridgehead atoms. The lowest BCUT2D eigenvalue weighted by molar-refractivity contribution is -0.111. The molecule has 1 amide bonds. The van der Waals surface area contributed by atoms with E-state index in [0.29, 0.717) is 17.4 Å². The third-order valence-electron chi connectivity index (χ3n) is 4.19. The van der Waals surface area contributed by atoms with Crippen LogP contribution in [0.25, 0.3) is 6.08 Å². The van der Waals surface area contributed by atoms with Crippen molar-refractivity contribution in [3.63, 3.8) is 0 Å². The van der Waals surface area contributed by atoms with Crippen LogP contribution in [-0.2, 0) is 4.79 Å². The SMILES string of the molecule is CCC(C)c1ccc(NC(=O)C=Cc2ccc(OC)c(OC)c2)cc1. The molecule has 0 fully saturated rings. The van der Waals surface area contributed by atoms with Crippen LogP contribution in [0.15, 0.2) is 48.5 Å². The normalized spacial score (nSPS) is 12.0. The summed E-state index contributed by atoms with van der Waals surface area (Å²) in [7, 11) is 3.18. The van der Waals surface area contributed by atoms with Crippen molar-refractivity contribution in [3.05, 3.63) is 59.7 Å². The van der Waals surface area contributed by atoms with Gasteiger partial charge in [0.1, 0.15) is 0 Å². The van der Waals surface area contributed by atoms with E-state index in [-0.39, 0.29) is 5.91 Å². The van der Waals surface area contributed by atoms with E-state index in [9.17, 15) is 4.79 Å². The van der Waals surface area contributed by atoms with Crippen molar-refractivity contribution in [2.24, 2.45) is 0 Å². The second kappa shape index (κ2) is 8.92. The molecule has 0 radical (unpaired) electrons. The quantitative estimate of drug-likeness (QED) is 0.732. The second-order valence-corrected chi connectivity index (χ2v) is 5.87. The third kappa shape index (κ3) is 5.11. The molecule has 0 heterocycles. The monoisotopic (exact) mass is 339 g/mol. The van der Waals surface area contributed by atoms with Crippen LogP contribution in [0.4, 0.5) is 5.69 Å². The van der Waals surface area contributed by atoms with Gasteiger partial charge >= 0.3 is 0 Å². The zero-order chi connectivity index (χ0) is 18.2. The number of anilines is 1. The van der Waals surface area contributed by atoms with Gasteiger partial charge in [0.25, 0.3) is 0 Å². The molecule has 4 nitrogen and oxygen atoms in total. The van der Waals surface area contributed by atoms with Gasteiger partial charge in [-0.2, -0.15) is 0 Å². The highest BCUT2D eigenvalue weighted by molar-refractivity contribution is 6.01. The van der Waals surface area contributed by atoms with Crippen LogP contribution in [0.1, 0.15) is 37.3 Å². The van der Waals surface area contributed by atoms with Gasteiger partial charge in [-0.1, -0.05) is 32.0 Å². The molecule has 2 rings (SSSR count). The van der Waals surface area contributed by atoms with E-state index in [4.69, 9.17) is 9.47 Å². The Morgan fingerprint density at radius 3 is 2.36 bits per heavy atom. The summed E-state index contributed by atoms with van der Waals surface area (Å²) >= 11 is 0. The third-order valence-corrected chi connectivity index (χ3v) is 4.19. The van der Waals surface area contributed by atoms with Crippen molar-refractivity contribution in [1.82, 2.24) is 0 Å². The predicted molar refractivity (Wildman–Crippen MR) is 102 cm³/mol. The number of hydrogen-bond acceptors (Lipinski definition) is 3. The summed E-state index contributed by atoms with van der Waals surface area (Å²) in [5, 5.41) is 2.87. The lowest BCUT2D eigenvalue weighted by atomic mass is 9.99. The number of methoxy groups -OCH3 is 2. The Bertz CT molecular complexity index is 735. The lowest BCUT2D eigenvalue weighted by Gasteiger charge is -2.10. The number of benzene rings is 2. The van der Waals surface area contributed by atoms with E-state index in [2.05, 4.69) is 31.3 Å². The van der Waals surface area contributed by atoms with Crippen molar-refractivity contribution in [2.45, 2.75) is 26.2 Å². The van der Waals surface area contributed by atoms with Crippen LogP contribution in [-0.4, -0.2) is 20.1 Å². The van der Waals surface area contributed by atoms with Crippen LogP contribution in [0.5, 0.6) is 11.5 Å². The number of amides is 1. The number of hydrogen-bond donors (Lipinski definition) is 1. The van der Waals surface area contributed by atoms with E-state index in [0.717, 1.165) is 17.7 Å². The van der Waals surface area contributed by atoms with Crippen LogP contribution >= 0.6 is 0 Å². The molecule has 132 valence electrons. The molecule has 0 aromatic heterocycles. The van der Waals surface area contributed by atoms with Crippen molar-refractivity contribution in [1.29, 1.82) is 0 Å². The molecule has 25 heavy (non-hydrogen) atoms. The fourth-order valence-corrected chi connectivity index (χ4v) is 2.44. The zero-order valence-electron chi connectivity index (χ0n) is 15.2. The average Bonchev–Trinajstić information content (AvgIpc) is 2.66. The average molecular weight is 339 g/mol. The van der Waals surface area contributed by atoms with Gasteiger partial charge in [-0.3, -0.25) is 4.79 Å². The van der Waals surface area contributed by atoms with Crippen molar-refractivity contribution in [2.75, 3.05) is 19.5 Å². The first-order valence-corrected chi connectivity index (χ1v) is 8.38. The lowest BCUT2D eigenvalue weighted by Crippen LogP contribution is -2.07. The largest absolute Gasteiger partial charge is 0.493 e. The van der Waals surface area contributed by atoms with E-state index < -0.39 is 0 Å². The minimum absolute atomic E-state index is 0.175.